The van der Waals surface area contributed by atoms with Crippen LogP contribution in [0.4, 0.5) is 5.13 Å². The molecule has 0 aliphatic carbocycles. The van der Waals surface area contributed by atoms with E-state index in [9.17, 15) is 0 Å². The molecule has 2 heterocycles. The van der Waals surface area contributed by atoms with Crippen molar-refractivity contribution in [1.29, 1.82) is 0 Å². The van der Waals surface area contributed by atoms with Crippen LogP contribution >= 0.6 is 11.3 Å². The first-order valence-electron chi connectivity index (χ1n) is 8.17. The summed E-state index contributed by atoms with van der Waals surface area (Å²) in [6, 6.07) is 0. The molecule has 120 valence electrons. The van der Waals surface area contributed by atoms with Crippen molar-refractivity contribution >= 4 is 16.5 Å². The first-order valence-corrected chi connectivity index (χ1v) is 8.99. The van der Waals surface area contributed by atoms with E-state index in [2.05, 4.69) is 24.1 Å². The molecule has 0 amide bonds. The Hall–Kier alpha value is -0.650. The highest BCUT2D eigenvalue weighted by Crippen LogP contribution is 2.29. The molecule has 1 N–H and O–H groups in total. The minimum atomic E-state index is 0.615. The van der Waals surface area contributed by atoms with Gasteiger partial charge >= 0.3 is 0 Å². The summed E-state index contributed by atoms with van der Waals surface area (Å²) >= 11 is 1.84. The maximum atomic E-state index is 5.32. The van der Waals surface area contributed by atoms with Gasteiger partial charge in [-0.3, -0.25) is 0 Å². The van der Waals surface area contributed by atoms with E-state index >= 15 is 0 Å². The predicted octanol–water partition coefficient (Wildman–Crippen LogP) is 3.42. The van der Waals surface area contributed by atoms with Crippen LogP contribution in [-0.4, -0.2) is 31.7 Å². The van der Waals surface area contributed by atoms with Crippen LogP contribution in [0, 0.1) is 5.92 Å². The summed E-state index contributed by atoms with van der Waals surface area (Å²) in [5.74, 6) is 0.846. The lowest BCUT2D eigenvalue weighted by molar-refractivity contribution is 0.181. The third-order valence-electron chi connectivity index (χ3n) is 4.05. The van der Waals surface area contributed by atoms with Gasteiger partial charge in [0.15, 0.2) is 5.13 Å². The topological polar surface area (TPSA) is 37.4 Å². The lowest BCUT2D eigenvalue weighted by Gasteiger charge is -2.18. The van der Waals surface area contributed by atoms with Crippen molar-refractivity contribution in [1.82, 2.24) is 10.3 Å². The molecule has 1 aliphatic rings. The van der Waals surface area contributed by atoms with Gasteiger partial charge < -0.3 is 15.0 Å². The van der Waals surface area contributed by atoms with Crippen molar-refractivity contribution in [2.24, 2.45) is 5.92 Å². The first kappa shape index (κ1) is 16.7. The van der Waals surface area contributed by atoms with E-state index in [1.165, 1.54) is 29.3 Å². The molecule has 1 atom stereocenters. The fourth-order valence-electron chi connectivity index (χ4n) is 2.73. The number of hydrogen-bond acceptors (Lipinski definition) is 5. The van der Waals surface area contributed by atoms with Crippen molar-refractivity contribution in [2.75, 3.05) is 31.6 Å². The Labute approximate surface area is 132 Å². The standard InChI is InChI=1S/C16H29N3OS/c1-4-8-17-11-15-14(12-20-3)18-16(21-15)19-9-5-6-13(2)7-10-19/h13,17H,4-12H2,1-3H3. The summed E-state index contributed by atoms with van der Waals surface area (Å²) in [4.78, 5) is 8.65. The van der Waals surface area contributed by atoms with Crippen LogP contribution in [0.1, 0.15) is 50.1 Å². The largest absolute Gasteiger partial charge is 0.378 e. The highest BCUT2D eigenvalue weighted by Gasteiger charge is 2.19. The molecule has 1 aliphatic heterocycles. The number of anilines is 1. The molecular formula is C16H29N3OS. The van der Waals surface area contributed by atoms with Gasteiger partial charge in [-0.15, -0.1) is 11.3 Å². The highest BCUT2D eigenvalue weighted by molar-refractivity contribution is 7.15. The molecule has 1 aromatic rings. The molecule has 4 nitrogen and oxygen atoms in total. The minimum Gasteiger partial charge on any atom is -0.378 e. The lowest BCUT2D eigenvalue weighted by atomic mass is 10.0. The molecule has 0 bridgehead atoms. The predicted molar refractivity (Wildman–Crippen MR) is 90.1 cm³/mol. The monoisotopic (exact) mass is 311 g/mol. The van der Waals surface area contributed by atoms with Crippen molar-refractivity contribution in [3.8, 4) is 0 Å². The number of hydrogen-bond donors (Lipinski definition) is 1. The Morgan fingerprint density at radius 1 is 1.38 bits per heavy atom. The van der Waals surface area contributed by atoms with Gasteiger partial charge in [-0.1, -0.05) is 13.8 Å². The zero-order valence-corrected chi connectivity index (χ0v) is 14.5. The number of methoxy groups -OCH3 is 1. The van der Waals surface area contributed by atoms with Gasteiger partial charge in [-0.25, -0.2) is 4.98 Å². The molecule has 0 radical (unpaired) electrons. The van der Waals surface area contributed by atoms with Crippen LogP contribution in [0.5, 0.6) is 0 Å². The zero-order valence-electron chi connectivity index (χ0n) is 13.7. The number of ether oxygens (including phenoxy) is 1. The van der Waals surface area contributed by atoms with Gasteiger partial charge in [-0.2, -0.15) is 0 Å². The lowest BCUT2D eigenvalue weighted by Crippen LogP contribution is -2.23. The number of rotatable bonds is 7. The first-order chi connectivity index (χ1) is 10.2. The Morgan fingerprint density at radius 3 is 3.00 bits per heavy atom. The molecule has 0 spiro atoms. The summed E-state index contributed by atoms with van der Waals surface area (Å²) < 4.78 is 5.32. The van der Waals surface area contributed by atoms with Crippen molar-refractivity contribution in [3.63, 3.8) is 0 Å². The van der Waals surface area contributed by atoms with E-state index in [-0.39, 0.29) is 0 Å². The van der Waals surface area contributed by atoms with E-state index < -0.39 is 0 Å². The number of nitrogens with one attached hydrogen (secondary N) is 1. The van der Waals surface area contributed by atoms with E-state index in [1.54, 1.807) is 7.11 Å². The van der Waals surface area contributed by atoms with Crippen LogP contribution < -0.4 is 10.2 Å². The van der Waals surface area contributed by atoms with Crippen LogP contribution in [0.15, 0.2) is 0 Å². The van der Waals surface area contributed by atoms with Crippen molar-refractivity contribution in [3.05, 3.63) is 10.6 Å². The molecule has 1 aromatic heterocycles. The molecule has 1 unspecified atom stereocenters. The summed E-state index contributed by atoms with van der Waals surface area (Å²) in [6.07, 6.45) is 5.07. The van der Waals surface area contributed by atoms with Gasteiger partial charge in [-0.05, 0) is 38.1 Å². The Kier molecular flexibility index (Phi) is 6.93. The van der Waals surface area contributed by atoms with E-state index in [1.807, 2.05) is 11.3 Å². The third-order valence-corrected chi connectivity index (χ3v) is 5.21. The second-order valence-corrected chi connectivity index (χ2v) is 7.06. The molecule has 2 rings (SSSR count). The van der Waals surface area contributed by atoms with Crippen LogP contribution in [0.3, 0.4) is 0 Å². The molecule has 0 aromatic carbocycles. The van der Waals surface area contributed by atoms with Crippen LogP contribution in [0.2, 0.25) is 0 Å². The highest BCUT2D eigenvalue weighted by atomic mass is 32.1. The van der Waals surface area contributed by atoms with Crippen LogP contribution in [0.25, 0.3) is 0 Å². The summed E-state index contributed by atoms with van der Waals surface area (Å²) in [5.41, 5.74) is 1.11. The summed E-state index contributed by atoms with van der Waals surface area (Å²) in [7, 11) is 1.75. The molecule has 1 saturated heterocycles. The Balaban J connectivity index is 2.06. The normalized spacial score (nSPS) is 19.8. The summed E-state index contributed by atoms with van der Waals surface area (Å²) in [6.45, 7) is 9.43. The SMILES string of the molecule is CCCNCc1sc(N2CCCC(C)CC2)nc1COC. The smallest absolute Gasteiger partial charge is 0.185 e. The molecule has 0 saturated carbocycles. The molecular weight excluding hydrogens is 282 g/mol. The maximum absolute atomic E-state index is 5.32. The summed E-state index contributed by atoms with van der Waals surface area (Å²) in [5, 5.41) is 4.67. The van der Waals surface area contributed by atoms with Crippen molar-refractivity contribution < 1.29 is 4.74 Å². The van der Waals surface area contributed by atoms with E-state index in [0.29, 0.717) is 6.61 Å². The number of nitrogens with zero attached hydrogens (tertiary/aromatic N) is 2. The molecule has 1 fully saturated rings. The van der Waals surface area contributed by atoms with E-state index in [4.69, 9.17) is 9.72 Å². The van der Waals surface area contributed by atoms with Gasteiger partial charge in [0, 0.05) is 31.6 Å². The molecule has 5 heteroatoms. The van der Waals surface area contributed by atoms with Gasteiger partial charge in [0.25, 0.3) is 0 Å². The van der Waals surface area contributed by atoms with Gasteiger partial charge in [0.2, 0.25) is 0 Å². The number of thiazole rings is 1. The molecule has 21 heavy (non-hydrogen) atoms. The van der Waals surface area contributed by atoms with Crippen LogP contribution in [-0.2, 0) is 17.9 Å². The van der Waals surface area contributed by atoms with Gasteiger partial charge in [0.1, 0.15) is 0 Å². The second-order valence-electron chi connectivity index (χ2n) is 6.00. The zero-order chi connectivity index (χ0) is 15.1. The second kappa shape index (κ2) is 8.71. The Bertz CT molecular complexity index is 422. The fourth-order valence-corrected chi connectivity index (χ4v) is 3.81. The maximum Gasteiger partial charge on any atom is 0.185 e. The third kappa shape index (κ3) is 4.94. The number of aromatic nitrogens is 1. The van der Waals surface area contributed by atoms with Gasteiger partial charge in [0.05, 0.1) is 12.3 Å². The van der Waals surface area contributed by atoms with Crippen molar-refractivity contribution in [2.45, 2.75) is 52.7 Å². The average Bonchev–Trinajstić information content (AvgIpc) is 2.73. The minimum absolute atomic E-state index is 0.615. The average molecular weight is 311 g/mol. The quantitative estimate of drug-likeness (QED) is 0.783. The van der Waals surface area contributed by atoms with E-state index in [0.717, 1.165) is 44.2 Å². The Morgan fingerprint density at radius 2 is 2.24 bits per heavy atom. The fraction of sp³-hybridized carbons (Fsp3) is 0.812.